The van der Waals surface area contributed by atoms with Crippen molar-refractivity contribution < 1.29 is 13.2 Å². The van der Waals surface area contributed by atoms with Gasteiger partial charge in [0.15, 0.2) is 0 Å². The lowest BCUT2D eigenvalue weighted by molar-refractivity contribution is -0.137. The molecule has 1 N–H and O–H groups in total. The SMILES string of the molecule is C[C@@H](c1ccc(C(F)(F)F)cc1)N1CCN(C2(C)CCNCC2)C[C@@H]1c1ccccc1. The monoisotopic (exact) mass is 431 g/mol. The molecule has 0 amide bonds. The molecule has 0 saturated carbocycles. The van der Waals surface area contributed by atoms with Gasteiger partial charge in [0.25, 0.3) is 0 Å². The summed E-state index contributed by atoms with van der Waals surface area (Å²) in [6, 6.07) is 16.4. The maximum absolute atomic E-state index is 13.0. The van der Waals surface area contributed by atoms with Gasteiger partial charge in [-0.15, -0.1) is 0 Å². The first-order valence-electron chi connectivity index (χ1n) is 11.2. The van der Waals surface area contributed by atoms with E-state index in [0.717, 1.165) is 51.1 Å². The second kappa shape index (κ2) is 8.93. The molecule has 2 atom stereocenters. The van der Waals surface area contributed by atoms with Crippen LogP contribution in [0.1, 0.15) is 55.5 Å². The van der Waals surface area contributed by atoms with Crippen molar-refractivity contribution in [1.82, 2.24) is 15.1 Å². The lowest BCUT2D eigenvalue weighted by atomic mass is 9.86. The van der Waals surface area contributed by atoms with Crippen molar-refractivity contribution in [2.24, 2.45) is 0 Å². The van der Waals surface area contributed by atoms with E-state index in [-0.39, 0.29) is 17.6 Å². The van der Waals surface area contributed by atoms with Crippen molar-refractivity contribution in [3.8, 4) is 0 Å². The molecular formula is C25H32F3N3. The van der Waals surface area contributed by atoms with Crippen LogP contribution in [0, 0.1) is 0 Å². The van der Waals surface area contributed by atoms with Gasteiger partial charge < -0.3 is 5.32 Å². The van der Waals surface area contributed by atoms with E-state index in [1.165, 1.54) is 17.7 Å². The Balaban J connectivity index is 1.58. The van der Waals surface area contributed by atoms with Crippen LogP contribution in [-0.2, 0) is 6.18 Å². The third-order valence-corrected chi connectivity index (χ3v) is 7.27. The van der Waals surface area contributed by atoms with Crippen LogP contribution in [0.15, 0.2) is 54.6 Å². The Kier molecular flexibility index (Phi) is 6.42. The van der Waals surface area contributed by atoms with Crippen LogP contribution < -0.4 is 5.32 Å². The molecule has 6 heteroatoms. The third kappa shape index (κ3) is 4.81. The highest BCUT2D eigenvalue weighted by Crippen LogP contribution is 2.38. The number of alkyl halides is 3. The average molecular weight is 432 g/mol. The van der Waals surface area contributed by atoms with Gasteiger partial charge in [0.1, 0.15) is 0 Å². The largest absolute Gasteiger partial charge is 0.416 e. The van der Waals surface area contributed by atoms with Crippen LogP contribution in [0.5, 0.6) is 0 Å². The van der Waals surface area contributed by atoms with Gasteiger partial charge in [-0.25, -0.2) is 0 Å². The zero-order valence-electron chi connectivity index (χ0n) is 18.3. The fraction of sp³-hybridized carbons (Fsp3) is 0.520. The second-order valence-corrected chi connectivity index (χ2v) is 9.15. The van der Waals surface area contributed by atoms with Gasteiger partial charge in [0.05, 0.1) is 5.56 Å². The Morgan fingerprint density at radius 2 is 1.61 bits per heavy atom. The van der Waals surface area contributed by atoms with Crippen molar-refractivity contribution in [2.75, 3.05) is 32.7 Å². The Hall–Kier alpha value is -1.89. The minimum Gasteiger partial charge on any atom is -0.317 e. The molecule has 0 unspecified atom stereocenters. The first-order chi connectivity index (χ1) is 14.8. The molecule has 31 heavy (non-hydrogen) atoms. The summed E-state index contributed by atoms with van der Waals surface area (Å²) in [4.78, 5) is 5.10. The normalized spacial score (nSPS) is 24.1. The minimum absolute atomic E-state index is 0.0375. The number of nitrogens with one attached hydrogen (secondary N) is 1. The molecule has 2 heterocycles. The summed E-state index contributed by atoms with van der Waals surface area (Å²) in [7, 11) is 0. The van der Waals surface area contributed by atoms with E-state index in [0.29, 0.717) is 0 Å². The molecule has 2 saturated heterocycles. The van der Waals surface area contributed by atoms with Crippen LogP contribution in [0.2, 0.25) is 0 Å². The smallest absolute Gasteiger partial charge is 0.317 e. The van der Waals surface area contributed by atoms with Crippen LogP contribution in [-0.4, -0.2) is 48.1 Å². The standard InChI is InChI=1S/C25H32F3N3/c1-19(20-8-10-22(11-9-20)25(26,27)28)31-17-16-30(24(2)12-14-29-15-13-24)18-23(31)21-6-4-3-5-7-21/h3-11,19,23,29H,12-18H2,1-2H3/t19-,23+/m0/s1. The maximum Gasteiger partial charge on any atom is 0.416 e. The van der Waals surface area contributed by atoms with E-state index in [2.05, 4.69) is 53.2 Å². The predicted octanol–water partition coefficient (Wildman–Crippen LogP) is 5.27. The van der Waals surface area contributed by atoms with Gasteiger partial charge in [-0.1, -0.05) is 42.5 Å². The Morgan fingerprint density at radius 1 is 0.968 bits per heavy atom. The zero-order valence-corrected chi connectivity index (χ0v) is 18.3. The summed E-state index contributed by atoms with van der Waals surface area (Å²) in [6.07, 6.45) is -2.02. The first kappa shape index (κ1) is 22.3. The molecule has 0 aliphatic carbocycles. The van der Waals surface area contributed by atoms with Crippen LogP contribution >= 0.6 is 0 Å². The van der Waals surface area contributed by atoms with E-state index in [1.807, 2.05) is 6.07 Å². The van der Waals surface area contributed by atoms with Crippen molar-refractivity contribution in [3.05, 3.63) is 71.3 Å². The van der Waals surface area contributed by atoms with E-state index in [1.54, 1.807) is 12.1 Å². The van der Waals surface area contributed by atoms with Crippen molar-refractivity contribution in [2.45, 2.75) is 50.5 Å². The van der Waals surface area contributed by atoms with Crippen molar-refractivity contribution >= 4 is 0 Å². The van der Waals surface area contributed by atoms with Gasteiger partial charge in [-0.3, -0.25) is 9.80 Å². The number of benzene rings is 2. The van der Waals surface area contributed by atoms with Crippen molar-refractivity contribution in [3.63, 3.8) is 0 Å². The molecule has 2 fully saturated rings. The summed E-state index contributed by atoms with van der Waals surface area (Å²) in [5, 5.41) is 3.47. The molecule has 3 nitrogen and oxygen atoms in total. The van der Waals surface area contributed by atoms with Crippen molar-refractivity contribution in [1.29, 1.82) is 0 Å². The molecule has 0 aromatic heterocycles. The molecule has 168 valence electrons. The highest BCUT2D eigenvalue weighted by Gasteiger charge is 2.40. The highest BCUT2D eigenvalue weighted by atomic mass is 19.4. The Morgan fingerprint density at radius 3 is 2.23 bits per heavy atom. The lowest BCUT2D eigenvalue weighted by Gasteiger charge is -2.52. The average Bonchev–Trinajstić information content (AvgIpc) is 2.79. The van der Waals surface area contributed by atoms with Gasteiger partial charge in [-0.05, 0) is 63.0 Å². The quantitative estimate of drug-likeness (QED) is 0.712. The first-order valence-corrected chi connectivity index (χ1v) is 11.2. The topological polar surface area (TPSA) is 18.5 Å². The van der Waals surface area contributed by atoms with E-state index in [9.17, 15) is 13.2 Å². The Bertz CT molecular complexity index is 845. The van der Waals surface area contributed by atoms with Gasteiger partial charge in [0.2, 0.25) is 0 Å². The number of piperazine rings is 1. The number of piperidine rings is 1. The molecule has 2 aliphatic rings. The summed E-state index contributed by atoms with van der Waals surface area (Å²) >= 11 is 0. The number of nitrogens with zero attached hydrogens (tertiary/aromatic N) is 2. The van der Waals surface area contributed by atoms with E-state index >= 15 is 0 Å². The molecule has 4 rings (SSSR count). The van der Waals surface area contributed by atoms with E-state index < -0.39 is 11.7 Å². The molecule has 0 bridgehead atoms. The molecule has 2 aromatic rings. The maximum atomic E-state index is 13.0. The third-order valence-electron chi connectivity index (χ3n) is 7.27. The molecular weight excluding hydrogens is 399 g/mol. The summed E-state index contributed by atoms with van der Waals surface area (Å²) in [6.45, 7) is 9.40. The molecule has 0 radical (unpaired) electrons. The fourth-order valence-corrected chi connectivity index (χ4v) is 5.15. The Labute approximate surface area is 183 Å². The fourth-order valence-electron chi connectivity index (χ4n) is 5.15. The molecule has 2 aliphatic heterocycles. The summed E-state index contributed by atoms with van der Waals surface area (Å²) in [5.74, 6) is 0. The zero-order chi connectivity index (χ0) is 22.1. The van der Waals surface area contributed by atoms with Gasteiger partial charge in [-0.2, -0.15) is 13.2 Å². The highest BCUT2D eigenvalue weighted by molar-refractivity contribution is 5.28. The second-order valence-electron chi connectivity index (χ2n) is 9.15. The number of halogens is 3. The minimum atomic E-state index is -4.30. The number of rotatable bonds is 4. The number of hydrogen-bond acceptors (Lipinski definition) is 3. The van der Waals surface area contributed by atoms with Crippen LogP contribution in [0.3, 0.4) is 0 Å². The summed E-state index contributed by atoms with van der Waals surface area (Å²) < 4.78 is 39.0. The van der Waals surface area contributed by atoms with Gasteiger partial charge >= 0.3 is 6.18 Å². The van der Waals surface area contributed by atoms with E-state index in [4.69, 9.17) is 0 Å². The van der Waals surface area contributed by atoms with Crippen LogP contribution in [0.25, 0.3) is 0 Å². The number of hydrogen-bond donors (Lipinski definition) is 1. The molecule has 2 aromatic carbocycles. The predicted molar refractivity (Wildman–Crippen MR) is 118 cm³/mol. The van der Waals surface area contributed by atoms with Crippen LogP contribution in [0.4, 0.5) is 13.2 Å². The van der Waals surface area contributed by atoms with Gasteiger partial charge in [0, 0.05) is 37.3 Å². The molecule has 0 spiro atoms. The lowest BCUT2D eigenvalue weighted by Crippen LogP contribution is -2.59. The summed E-state index contributed by atoms with van der Waals surface area (Å²) in [5.41, 5.74) is 1.80.